The summed E-state index contributed by atoms with van der Waals surface area (Å²) in [5.74, 6) is 0. The first-order chi connectivity index (χ1) is 7.83. The third kappa shape index (κ3) is 2.28. The van der Waals surface area contributed by atoms with Gasteiger partial charge in [-0.3, -0.25) is 0 Å². The van der Waals surface area contributed by atoms with E-state index in [4.69, 9.17) is 4.74 Å². The Balaban J connectivity index is 2.16. The SMILES string of the molecule is CCCOc1n[nH]c(=O)n1C1CCCCC1. The van der Waals surface area contributed by atoms with E-state index in [-0.39, 0.29) is 11.7 Å². The Morgan fingerprint density at radius 1 is 1.44 bits per heavy atom. The lowest BCUT2D eigenvalue weighted by molar-refractivity contribution is 0.247. The maximum Gasteiger partial charge on any atom is 0.346 e. The first kappa shape index (κ1) is 11.2. The minimum absolute atomic E-state index is 0.141. The molecule has 1 heterocycles. The van der Waals surface area contributed by atoms with Crippen LogP contribution in [0.3, 0.4) is 0 Å². The quantitative estimate of drug-likeness (QED) is 0.850. The lowest BCUT2D eigenvalue weighted by Crippen LogP contribution is -2.25. The van der Waals surface area contributed by atoms with E-state index in [0.29, 0.717) is 12.6 Å². The van der Waals surface area contributed by atoms with E-state index in [1.165, 1.54) is 19.3 Å². The second kappa shape index (κ2) is 5.18. The van der Waals surface area contributed by atoms with Crippen LogP contribution >= 0.6 is 0 Å². The van der Waals surface area contributed by atoms with Gasteiger partial charge in [0.2, 0.25) is 0 Å². The fourth-order valence-corrected chi connectivity index (χ4v) is 2.25. The molecule has 0 saturated heterocycles. The Hall–Kier alpha value is -1.26. The predicted molar refractivity (Wildman–Crippen MR) is 60.8 cm³/mol. The van der Waals surface area contributed by atoms with E-state index in [0.717, 1.165) is 19.3 Å². The van der Waals surface area contributed by atoms with Crippen molar-refractivity contribution in [2.24, 2.45) is 0 Å². The summed E-state index contributed by atoms with van der Waals surface area (Å²) < 4.78 is 7.17. The van der Waals surface area contributed by atoms with Crippen molar-refractivity contribution in [1.82, 2.24) is 14.8 Å². The smallest absolute Gasteiger partial charge is 0.346 e. The van der Waals surface area contributed by atoms with Crippen LogP contribution in [-0.2, 0) is 0 Å². The summed E-state index contributed by atoms with van der Waals surface area (Å²) in [6, 6.07) is 0.727. The molecule has 0 aliphatic heterocycles. The number of aromatic amines is 1. The van der Waals surface area contributed by atoms with Crippen LogP contribution in [0.4, 0.5) is 0 Å². The van der Waals surface area contributed by atoms with Crippen molar-refractivity contribution in [3.63, 3.8) is 0 Å². The lowest BCUT2D eigenvalue weighted by atomic mass is 9.95. The Kier molecular flexibility index (Phi) is 3.64. The maximum atomic E-state index is 11.7. The largest absolute Gasteiger partial charge is 0.464 e. The zero-order chi connectivity index (χ0) is 11.4. The van der Waals surface area contributed by atoms with Crippen LogP contribution < -0.4 is 10.4 Å². The molecule has 5 nitrogen and oxygen atoms in total. The van der Waals surface area contributed by atoms with Crippen LogP contribution in [0.2, 0.25) is 0 Å². The van der Waals surface area contributed by atoms with Crippen molar-refractivity contribution in [3.05, 3.63) is 10.5 Å². The highest BCUT2D eigenvalue weighted by Crippen LogP contribution is 2.29. The first-order valence-electron chi connectivity index (χ1n) is 6.12. The second-order valence-electron chi connectivity index (χ2n) is 4.32. The third-order valence-electron chi connectivity index (χ3n) is 3.05. The fraction of sp³-hybridized carbons (Fsp3) is 0.818. The number of hydrogen-bond acceptors (Lipinski definition) is 3. The van der Waals surface area contributed by atoms with Crippen molar-refractivity contribution in [3.8, 4) is 6.01 Å². The van der Waals surface area contributed by atoms with Crippen molar-refractivity contribution in [2.45, 2.75) is 51.5 Å². The van der Waals surface area contributed by atoms with Crippen molar-refractivity contribution in [2.75, 3.05) is 6.61 Å². The van der Waals surface area contributed by atoms with Gasteiger partial charge in [-0.05, 0) is 19.3 Å². The zero-order valence-electron chi connectivity index (χ0n) is 9.74. The van der Waals surface area contributed by atoms with Crippen molar-refractivity contribution >= 4 is 0 Å². The van der Waals surface area contributed by atoms with E-state index >= 15 is 0 Å². The molecule has 90 valence electrons. The van der Waals surface area contributed by atoms with Gasteiger partial charge in [-0.2, -0.15) is 0 Å². The van der Waals surface area contributed by atoms with Gasteiger partial charge in [-0.15, -0.1) is 5.10 Å². The Morgan fingerprint density at radius 2 is 2.19 bits per heavy atom. The summed E-state index contributed by atoms with van der Waals surface area (Å²) in [5, 5.41) is 6.41. The summed E-state index contributed by atoms with van der Waals surface area (Å²) in [6.07, 6.45) is 6.69. The number of hydrogen-bond donors (Lipinski definition) is 1. The molecule has 0 bridgehead atoms. The average molecular weight is 225 g/mol. The standard InChI is InChI=1S/C11H19N3O2/c1-2-8-16-11-13-12-10(15)14(11)9-6-4-3-5-7-9/h9H,2-8H2,1H3,(H,12,15). The molecule has 1 aromatic rings. The molecule has 0 aromatic carbocycles. The van der Waals surface area contributed by atoms with Crippen molar-refractivity contribution < 1.29 is 4.74 Å². The minimum Gasteiger partial charge on any atom is -0.464 e. The van der Waals surface area contributed by atoms with Gasteiger partial charge in [0.15, 0.2) is 0 Å². The molecule has 0 unspecified atom stereocenters. The average Bonchev–Trinajstić information content (AvgIpc) is 2.69. The summed E-state index contributed by atoms with van der Waals surface area (Å²) in [6.45, 7) is 2.65. The molecule has 1 N–H and O–H groups in total. The molecule has 1 aliphatic carbocycles. The van der Waals surface area contributed by atoms with Crippen LogP contribution in [0.15, 0.2) is 4.79 Å². The second-order valence-corrected chi connectivity index (χ2v) is 4.32. The highest BCUT2D eigenvalue weighted by atomic mass is 16.5. The molecule has 1 fully saturated rings. The van der Waals surface area contributed by atoms with Crippen LogP contribution in [0.25, 0.3) is 0 Å². The topological polar surface area (TPSA) is 59.9 Å². The molecule has 0 amide bonds. The highest BCUT2D eigenvalue weighted by Gasteiger charge is 2.21. The summed E-state index contributed by atoms with van der Waals surface area (Å²) in [7, 11) is 0. The molecule has 1 aliphatic rings. The van der Waals surface area contributed by atoms with E-state index in [1.807, 2.05) is 6.92 Å². The van der Waals surface area contributed by atoms with Gasteiger partial charge in [0.1, 0.15) is 0 Å². The van der Waals surface area contributed by atoms with E-state index in [1.54, 1.807) is 4.57 Å². The molecule has 5 heteroatoms. The van der Waals surface area contributed by atoms with Crippen LogP contribution in [0.5, 0.6) is 6.01 Å². The molecular weight excluding hydrogens is 206 g/mol. The van der Waals surface area contributed by atoms with E-state index in [9.17, 15) is 4.79 Å². The molecule has 0 spiro atoms. The van der Waals surface area contributed by atoms with Gasteiger partial charge in [0, 0.05) is 6.04 Å². The minimum atomic E-state index is -0.141. The number of rotatable bonds is 4. The Labute approximate surface area is 94.8 Å². The zero-order valence-corrected chi connectivity index (χ0v) is 9.74. The van der Waals surface area contributed by atoms with Crippen LogP contribution in [-0.4, -0.2) is 21.4 Å². The van der Waals surface area contributed by atoms with Crippen LogP contribution in [0, 0.1) is 0 Å². The molecule has 1 saturated carbocycles. The van der Waals surface area contributed by atoms with Crippen LogP contribution in [0.1, 0.15) is 51.5 Å². The van der Waals surface area contributed by atoms with Gasteiger partial charge in [-0.1, -0.05) is 26.2 Å². The summed E-state index contributed by atoms with van der Waals surface area (Å²) in [4.78, 5) is 11.7. The number of aromatic nitrogens is 3. The number of nitrogens with one attached hydrogen (secondary N) is 1. The molecule has 1 aromatic heterocycles. The van der Waals surface area contributed by atoms with Gasteiger partial charge in [0.25, 0.3) is 0 Å². The lowest BCUT2D eigenvalue weighted by Gasteiger charge is -2.22. The fourth-order valence-electron chi connectivity index (χ4n) is 2.25. The van der Waals surface area contributed by atoms with Gasteiger partial charge in [-0.25, -0.2) is 14.5 Å². The molecular formula is C11H19N3O2. The predicted octanol–water partition coefficient (Wildman–Crippen LogP) is 1.87. The molecule has 0 atom stereocenters. The first-order valence-corrected chi connectivity index (χ1v) is 6.12. The van der Waals surface area contributed by atoms with Gasteiger partial charge < -0.3 is 4.74 Å². The number of nitrogens with zero attached hydrogens (tertiary/aromatic N) is 2. The normalized spacial score (nSPS) is 17.6. The van der Waals surface area contributed by atoms with E-state index in [2.05, 4.69) is 10.2 Å². The summed E-state index contributed by atoms with van der Waals surface area (Å²) in [5.41, 5.74) is -0.141. The molecule has 0 radical (unpaired) electrons. The van der Waals surface area contributed by atoms with Crippen molar-refractivity contribution in [1.29, 1.82) is 0 Å². The Morgan fingerprint density at radius 3 is 2.88 bits per heavy atom. The van der Waals surface area contributed by atoms with Gasteiger partial charge in [0.05, 0.1) is 6.61 Å². The number of ether oxygens (including phenoxy) is 1. The van der Waals surface area contributed by atoms with E-state index < -0.39 is 0 Å². The number of H-pyrrole nitrogens is 1. The third-order valence-corrected chi connectivity index (χ3v) is 3.05. The monoisotopic (exact) mass is 225 g/mol. The molecule has 2 rings (SSSR count). The Bertz CT molecular complexity index is 377. The highest BCUT2D eigenvalue weighted by molar-refractivity contribution is 4.96. The molecule has 16 heavy (non-hydrogen) atoms. The summed E-state index contributed by atoms with van der Waals surface area (Å²) >= 11 is 0. The van der Waals surface area contributed by atoms with Gasteiger partial charge >= 0.3 is 11.7 Å². The maximum absolute atomic E-state index is 11.7.